The number of methoxy groups -OCH3 is 1. The molecule has 1 aromatic carbocycles. The topological polar surface area (TPSA) is 41.6 Å². The van der Waals surface area contributed by atoms with Crippen LogP contribution in [0.2, 0.25) is 0 Å². The van der Waals surface area contributed by atoms with Crippen LogP contribution in [0.1, 0.15) is 18.4 Å². The van der Waals surface area contributed by atoms with E-state index in [-0.39, 0.29) is 5.91 Å². The number of amides is 1. The lowest BCUT2D eigenvalue weighted by molar-refractivity contribution is -0.117. The Kier molecular flexibility index (Phi) is 3.42. The summed E-state index contributed by atoms with van der Waals surface area (Å²) in [5, 5.41) is 3.37. The van der Waals surface area contributed by atoms with Gasteiger partial charge in [-0.05, 0) is 55.6 Å². The van der Waals surface area contributed by atoms with Crippen molar-refractivity contribution < 1.29 is 9.53 Å². The molecule has 4 heteroatoms. The van der Waals surface area contributed by atoms with Crippen molar-refractivity contribution in [2.75, 3.05) is 31.6 Å². The summed E-state index contributed by atoms with van der Waals surface area (Å²) in [6, 6.07) is 5.93. The van der Waals surface area contributed by atoms with Crippen molar-refractivity contribution in [1.82, 2.24) is 5.32 Å². The van der Waals surface area contributed by atoms with Gasteiger partial charge in [0.2, 0.25) is 5.91 Å². The number of ether oxygens (including phenoxy) is 1. The van der Waals surface area contributed by atoms with Crippen LogP contribution in [0.5, 0.6) is 5.75 Å². The number of piperidine rings is 1. The molecule has 0 saturated carbocycles. The SMILES string of the molecule is COc1ccc2c(c1)CC(=O)N2CC1CCNCC1. The first-order valence-electron chi connectivity index (χ1n) is 6.96. The number of fused-ring (bicyclic) bond motifs is 1. The number of anilines is 1. The van der Waals surface area contributed by atoms with Crippen LogP contribution in [0.3, 0.4) is 0 Å². The molecule has 1 amide bonds. The Hall–Kier alpha value is -1.55. The van der Waals surface area contributed by atoms with E-state index < -0.39 is 0 Å². The highest BCUT2D eigenvalue weighted by Crippen LogP contribution is 2.33. The zero-order valence-electron chi connectivity index (χ0n) is 11.3. The van der Waals surface area contributed by atoms with Crippen LogP contribution < -0.4 is 15.0 Å². The van der Waals surface area contributed by atoms with Crippen molar-refractivity contribution in [1.29, 1.82) is 0 Å². The summed E-state index contributed by atoms with van der Waals surface area (Å²) >= 11 is 0. The number of nitrogens with zero attached hydrogens (tertiary/aromatic N) is 1. The van der Waals surface area contributed by atoms with Crippen LogP contribution in [-0.4, -0.2) is 32.7 Å². The lowest BCUT2D eigenvalue weighted by Gasteiger charge is -2.27. The maximum absolute atomic E-state index is 12.2. The van der Waals surface area contributed by atoms with Crippen LogP contribution in [0, 0.1) is 5.92 Å². The summed E-state index contributed by atoms with van der Waals surface area (Å²) in [6.07, 6.45) is 2.84. The van der Waals surface area contributed by atoms with Gasteiger partial charge in [-0.25, -0.2) is 0 Å². The highest BCUT2D eigenvalue weighted by molar-refractivity contribution is 6.01. The third kappa shape index (κ3) is 2.45. The molecule has 1 fully saturated rings. The largest absolute Gasteiger partial charge is 0.497 e. The van der Waals surface area contributed by atoms with Gasteiger partial charge in [-0.3, -0.25) is 4.79 Å². The lowest BCUT2D eigenvalue weighted by Crippen LogP contribution is -2.37. The molecule has 102 valence electrons. The molecule has 0 unspecified atom stereocenters. The van der Waals surface area contributed by atoms with E-state index >= 15 is 0 Å². The van der Waals surface area contributed by atoms with Crippen LogP contribution in [0.4, 0.5) is 5.69 Å². The minimum absolute atomic E-state index is 0.224. The number of carbonyl (C=O) groups excluding carboxylic acids is 1. The summed E-state index contributed by atoms with van der Waals surface area (Å²) < 4.78 is 5.22. The Balaban J connectivity index is 1.78. The van der Waals surface area contributed by atoms with Gasteiger partial charge in [0.15, 0.2) is 0 Å². The first-order valence-corrected chi connectivity index (χ1v) is 6.96. The molecular weight excluding hydrogens is 240 g/mol. The van der Waals surface area contributed by atoms with Gasteiger partial charge in [0.05, 0.1) is 13.5 Å². The number of benzene rings is 1. The van der Waals surface area contributed by atoms with Crippen molar-refractivity contribution in [2.24, 2.45) is 5.92 Å². The maximum Gasteiger partial charge on any atom is 0.231 e. The summed E-state index contributed by atoms with van der Waals surface area (Å²) in [6.45, 7) is 3.00. The molecule has 0 aromatic heterocycles. The van der Waals surface area contributed by atoms with Crippen molar-refractivity contribution in [2.45, 2.75) is 19.3 Å². The van der Waals surface area contributed by atoms with E-state index in [1.54, 1.807) is 7.11 Å². The molecule has 0 atom stereocenters. The fourth-order valence-corrected chi connectivity index (χ4v) is 3.01. The van der Waals surface area contributed by atoms with E-state index in [2.05, 4.69) is 5.32 Å². The molecule has 0 bridgehead atoms. The second-order valence-corrected chi connectivity index (χ2v) is 5.37. The molecule has 2 aliphatic heterocycles. The van der Waals surface area contributed by atoms with Crippen molar-refractivity contribution in [3.05, 3.63) is 23.8 Å². The molecular formula is C15H20N2O2. The van der Waals surface area contributed by atoms with E-state index in [9.17, 15) is 4.79 Å². The molecule has 3 rings (SSSR count). The third-order valence-corrected chi connectivity index (χ3v) is 4.12. The summed E-state index contributed by atoms with van der Waals surface area (Å²) in [7, 11) is 1.66. The van der Waals surface area contributed by atoms with Crippen LogP contribution in [0.25, 0.3) is 0 Å². The molecule has 0 radical (unpaired) electrons. The van der Waals surface area contributed by atoms with Gasteiger partial charge in [-0.15, -0.1) is 0 Å². The Morgan fingerprint density at radius 2 is 2.16 bits per heavy atom. The second kappa shape index (κ2) is 5.21. The predicted molar refractivity (Wildman–Crippen MR) is 74.6 cm³/mol. The van der Waals surface area contributed by atoms with Crippen molar-refractivity contribution >= 4 is 11.6 Å². The Labute approximate surface area is 113 Å². The average molecular weight is 260 g/mol. The van der Waals surface area contributed by atoms with Crippen molar-refractivity contribution in [3.63, 3.8) is 0 Å². The zero-order valence-corrected chi connectivity index (χ0v) is 11.3. The predicted octanol–water partition coefficient (Wildman–Crippen LogP) is 1.58. The molecule has 2 heterocycles. The van der Waals surface area contributed by atoms with Crippen LogP contribution in [-0.2, 0) is 11.2 Å². The third-order valence-electron chi connectivity index (χ3n) is 4.12. The van der Waals surface area contributed by atoms with Crippen LogP contribution >= 0.6 is 0 Å². The minimum Gasteiger partial charge on any atom is -0.497 e. The van der Waals surface area contributed by atoms with Gasteiger partial charge in [0.1, 0.15) is 5.75 Å². The van der Waals surface area contributed by atoms with Gasteiger partial charge >= 0.3 is 0 Å². The maximum atomic E-state index is 12.2. The number of carbonyl (C=O) groups is 1. The smallest absolute Gasteiger partial charge is 0.231 e. The van der Waals surface area contributed by atoms with Gasteiger partial charge in [-0.1, -0.05) is 0 Å². The number of nitrogens with one attached hydrogen (secondary N) is 1. The van der Waals surface area contributed by atoms with E-state index in [1.165, 1.54) is 0 Å². The lowest BCUT2D eigenvalue weighted by atomic mass is 9.97. The highest BCUT2D eigenvalue weighted by Gasteiger charge is 2.29. The van der Waals surface area contributed by atoms with Gasteiger partial charge in [0, 0.05) is 12.2 Å². The summed E-state index contributed by atoms with van der Waals surface area (Å²) in [5.74, 6) is 1.68. The van der Waals surface area contributed by atoms with Crippen LogP contribution in [0.15, 0.2) is 18.2 Å². The normalized spacial score (nSPS) is 19.6. The molecule has 19 heavy (non-hydrogen) atoms. The quantitative estimate of drug-likeness (QED) is 0.897. The van der Waals surface area contributed by atoms with Gasteiger partial charge in [-0.2, -0.15) is 0 Å². The standard InChI is InChI=1S/C15H20N2O2/c1-19-13-2-3-14-12(8-13)9-15(18)17(14)10-11-4-6-16-7-5-11/h2-3,8,11,16H,4-7,9-10H2,1H3. The van der Waals surface area contributed by atoms with Gasteiger partial charge < -0.3 is 15.0 Å². The number of hydrogen-bond donors (Lipinski definition) is 1. The first-order chi connectivity index (χ1) is 9.28. The fourth-order valence-electron chi connectivity index (χ4n) is 3.01. The van der Waals surface area contributed by atoms with E-state index in [4.69, 9.17) is 4.74 Å². The molecule has 0 aliphatic carbocycles. The van der Waals surface area contributed by atoms with E-state index in [1.807, 2.05) is 23.1 Å². The minimum atomic E-state index is 0.224. The summed E-state index contributed by atoms with van der Waals surface area (Å²) in [4.78, 5) is 14.1. The summed E-state index contributed by atoms with van der Waals surface area (Å²) in [5.41, 5.74) is 2.17. The number of rotatable bonds is 3. The Bertz CT molecular complexity index is 481. The van der Waals surface area contributed by atoms with E-state index in [0.717, 1.165) is 49.5 Å². The monoisotopic (exact) mass is 260 g/mol. The van der Waals surface area contributed by atoms with Gasteiger partial charge in [0.25, 0.3) is 0 Å². The second-order valence-electron chi connectivity index (χ2n) is 5.37. The zero-order chi connectivity index (χ0) is 13.2. The fraction of sp³-hybridized carbons (Fsp3) is 0.533. The number of hydrogen-bond acceptors (Lipinski definition) is 3. The first kappa shape index (κ1) is 12.5. The Morgan fingerprint density at radius 3 is 2.89 bits per heavy atom. The molecule has 0 spiro atoms. The average Bonchev–Trinajstić information content (AvgIpc) is 2.75. The van der Waals surface area contributed by atoms with E-state index in [0.29, 0.717) is 12.3 Å². The van der Waals surface area contributed by atoms with Crippen molar-refractivity contribution in [3.8, 4) is 5.75 Å². The molecule has 2 aliphatic rings. The highest BCUT2D eigenvalue weighted by atomic mass is 16.5. The molecule has 4 nitrogen and oxygen atoms in total. The molecule has 1 N–H and O–H groups in total. The molecule has 1 saturated heterocycles. The Morgan fingerprint density at radius 1 is 1.37 bits per heavy atom. The molecule has 1 aromatic rings.